The van der Waals surface area contributed by atoms with Crippen LogP contribution in [0.5, 0.6) is 0 Å². The Kier molecular flexibility index (Phi) is 8.83. The predicted molar refractivity (Wildman–Crippen MR) is 110 cm³/mol. The maximum Gasteiger partial charge on any atom is 0.270 e. The van der Waals surface area contributed by atoms with Crippen molar-refractivity contribution < 1.29 is 14.5 Å². The van der Waals surface area contributed by atoms with Crippen LogP contribution in [0.15, 0.2) is 29.4 Å². The smallest absolute Gasteiger partial charge is 0.270 e. The van der Waals surface area contributed by atoms with E-state index in [9.17, 15) is 19.7 Å². The molecule has 0 atom stereocenters. The molecule has 2 amide bonds. The van der Waals surface area contributed by atoms with Crippen molar-refractivity contribution in [3.8, 4) is 0 Å². The minimum atomic E-state index is -0.507. The molecule has 0 saturated heterocycles. The topological polar surface area (TPSA) is 139 Å². The number of amides is 2. The van der Waals surface area contributed by atoms with Crippen molar-refractivity contribution in [2.24, 2.45) is 5.10 Å². The number of hydrazone groups is 1. The minimum Gasteiger partial charge on any atom is -0.301 e. The van der Waals surface area contributed by atoms with E-state index >= 15 is 0 Å². The van der Waals surface area contributed by atoms with Gasteiger partial charge in [0.05, 0.1) is 17.6 Å². The second kappa shape index (κ2) is 11.6. The van der Waals surface area contributed by atoms with E-state index in [1.54, 1.807) is 6.07 Å². The lowest BCUT2D eigenvalue weighted by Gasteiger charge is -2.00. The number of carbonyl (C=O) groups is 2. The van der Waals surface area contributed by atoms with Crippen LogP contribution in [0, 0.1) is 10.1 Å². The van der Waals surface area contributed by atoms with Gasteiger partial charge in [-0.15, -0.1) is 10.2 Å². The van der Waals surface area contributed by atoms with Crippen molar-refractivity contribution >= 4 is 40.2 Å². The number of hydrogen-bond donors (Lipinski definition) is 2. The summed E-state index contributed by atoms with van der Waals surface area (Å²) >= 11 is 1.13. The van der Waals surface area contributed by atoms with Crippen LogP contribution in [-0.4, -0.2) is 33.1 Å². The molecule has 2 aromatic rings. The van der Waals surface area contributed by atoms with E-state index in [1.165, 1.54) is 24.4 Å². The molecule has 0 spiro atoms. The molecule has 1 aromatic heterocycles. The molecule has 0 aliphatic heterocycles. The Labute approximate surface area is 171 Å². The summed E-state index contributed by atoms with van der Waals surface area (Å²) in [6.07, 6.45) is 5.76. The first-order valence-corrected chi connectivity index (χ1v) is 9.98. The standard InChI is InChI=1S/C18H22N6O4S/c1-2-3-4-5-9-15(25)20-18-23-22-17(29-18)11-16(26)21-19-12-13-7-6-8-14(10-13)24(27)28/h6-8,10,12H,2-5,9,11H2,1H3,(H,21,26)(H,20,23,25). The Hall–Kier alpha value is -3.21. The average Bonchev–Trinajstić information content (AvgIpc) is 3.12. The molecular formula is C18H22N6O4S. The van der Waals surface area contributed by atoms with Crippen LogP contribution in [0.25, 0.3) is 0 Å². The van der Waals surface area contributed by atoms with Crippen LogP contribution in [0.4, 0.5) is 10.8 Å². The van der Waals surface area contributed by atoms with Gasteiger partial charge >= 0.3 is 0 Å². The first-order chi connectivity index (χ1) is 14.0. The number of hydrogen-bond acceptors (Lipinski definition) is 8. The van der Waals surface area contributed by atoms with Gasteiger partial charge in [0, 0.05) is 24.1 Å². The van der Waals surface area contributed by atoms with Gasteiger partial charge in [0.1, 0.15) is 5.01 Å². The summed E-state index contributed by atoms with van der Waals surface area (Å²) in [5.41, 5.74) is 2.75. The summed E-state index contributed by atoms with van der Waals surface area (Å²) < 4.78 is 0. The number of anilines is 1. The highest BCUT2D eigenvalue weighted by atomic mass is 32.1. The summed E-state index contributed by atoms with van der Waals surface area (Å²) in [4.78, 5) is 34.0. The Balaban J connectivity index is 1.77. The van der Waals surface area contributed by atoms with Crippen LogP contribution in [0.3, 0.4) is 0 Å². The van der Waals surface area contributed by atoms with Gasteiger partial charge in [-0.3, -0.25) is 19.7 Å². The van der Waals surface area contributed by atoms with E-state index in [4.69, 9.17) is 0 Å². The third-order valence-corrected chi connectivity index (χ3v) is 4.60. The van der Waals surface area contributed by atoms with Crippen molar-refractivity contribution in [2.45, 2.75) is 45.4 Å². The molecule has 0 aliphatic rings. The summed E-state index contributed by atoms with van der Waals surface area (Å²) in [6, 6.07) is 5.87. The molecule has 2 N–H and O–H groups in total. The lowest BCUT2D eigenvalue weighted by molar-refractivity contribution is -0.384. The van der Waals surface area contributed by atoms with Gasteiger partial charge in [0.15, 0.2) is 0 Å². The Morgan fingerprint density at radius 1 is 1.24 bits per heavy atom. The van der Waals surface area contributed by atoms with E-state index in [1.807, 2.05) is 0 Å². The number of non-ortho nitro benzene ring substituents is 1. The second-order valence-corrected chi connectivity index (χ2v) is 7.24. The quantitative estimate of drug-likeness (QED) is 0.249. The number of nitrogens with one attached hydrogen (secondary N) is 2. The third-order valence-electron chi connectivity index (χ3n) is 3.77. The monoisotopic (exact) mass is 418 g/mol. The number of nitro benzene ring substituents is 1. The summed E-state index contributed by atoms with van der Waals surface area (Å²) in [6.45, 7) is 2.11. The van der Waals surface area contributed by atoms with E-state index in [0.717, 1.165) is 37.0 Å². The number of unbranched alkanes of at least 4 members (excludes halogenated alkanes) is 3. The molecule has 1 heterocycles. The molecule has 0 fully saturated rings. The Bertz CT molecular complexity index is 883. The zero-order valence-corrected chi connectivity index (χ0v) is 16.8. The average molecular weight is 418 g/mol. The SMILES string of the molecule is CCCCCCC(=O)Nc1nnc(CC(=O)NN=Cc2cccc([N+](=O)[O-])c2)s1. The third kappa shape index (κ3) is 8.13. The van der Waals surface area contributed by atoms with Crippen molar-refractivity contribution in [1.82, 2.24) is 15.6 Å². The molecule has 2 rings (SSSR count). The fourth-order valence-electron chi connectivity index (χ4n) is 2.34. The molecular weight excluding hydrogens is 396 g/mol. The molecule has 11 heteroatoms. The number of aromatic nitrogens is 2. The van der Waals surface area contributed by atoms with Gasteiger partial charge in [-0.25, -0.2) is 5.43 Å². The fourth-order valence-corrected chi connectivity index (χ4v) is 3.10. The van der Waals surface area contributed by atoms with Crippen molar-refractivity contribution in [3.05, 3.63) is 45.0 Å². The summed E-state index contributed by atoms with van der Waals surface area (Å²) in [5.74, 6) is -0.532. The maximum absolute atomic E-state index is 11.9. The first kappa shape index (κ1) is 22.1. The molecule has 0 bridgehead atoms. The van der Waals surface area contributed by atoms with Crippen LogP contribution in [0.2, 0.25) is 0 Å². The summed E-state index contributed by atoms with van der Waals surface area (Å²) in [5, 5.41) is 25.7. The van der Waals surface area contributed by atoms with Crippen molar-refractivity contribution in [3.63, 3.8) is 0 Å². The second-order valence-electron chi connectivity index (χ2n) is 6.18. The number of benzene rings is 1. The van der Waals surface area contributed by atoms with Gasteiger partial charge in [-0.05, 0) is 6.42 Å². The van der Waals surface area contributed by atoms with Gasteiger partial charge in [-0.2, -0.15) is 5.10 Å². The molecule has 29 heavy (non-hydrogen) atoms. The van der Waals surface area contributed by atoms with E-state index in [0.29, 0.717) is 22.1 Å². The lowest BCUT2D eigenvalue weighted by atomic mass is 10.1. The molecule has 0 radical (unpaired) electrons. The van der Waals surface area contributed by atoms with Gasteiger partial charge in [0.25, 0.3) is 5.69 Å². The predicted octanol–water partition coefficient (Wildman–Crippen LogP) is 3.05. The van der Waals surface area contributed by atoms with Gasteiger partial charge < -0.3 is 5.32 Å². The highest BCUT2D eigenvalue weighted by molar-refractivity contribution is 7.15. The molecule has 0 unspecified atom stereocenters. The number of carbonyl (C=O) groups excluding carboxylic acids is 2. The molecule has 0 saturated carbocycles. The molecule has 10 nitrogen and oxygen atoms in total. The first-order valence-electron chi connectivity index (χ1n) is 9.16. The molecule has 154 valence electrons. The van der Waals surface area contributed by atoms with E-state index in [2.05, 4.69) is 33.0 Å². The van der Waals surface area contributed by atoms with Crippen molar-refractivity contribution in [2.75, 3.05) is 5.32 Å². The fraction of sp³-hybridized carbons (Fsp3) is 0.389. The normalized spacial score (nSPS) is 10.8. The largest absolute Gasteiger partial charge is 0.301 e. The lowest BCUT2D eigenvalue weighted by Crippen LogP contribution is -2.19. The van der Waals surface area contributed by atoms with Crippen LogP contribution in [-0.2, 0) is 16.0 Å². The van der Waals surface area contributed by atoms with Crippen LogP contribution < -0.4 is 10.7 Å². The van der Waals surface area contributed by atoms with Crippen LogP contribution in [0.1, 0.15) is 49.6 Å². The Morgan fingerprint density at radius 3 is 2.83 bits per heavy atom. The van der Waals surface area contributed by atoms with Gasteiger partial charge in [-0.1, -0.05) is 49.7 Å². The highest BCUT2D eigenvalue weighted by Crippen LogP contribution is 2.16. The highest BCUT2D eigenvalue weighted by Gasteiger charge is 2.11. The molecule has 1 aromatic carbocycles. The van der Waals surface area contributed by atoms with Crippen LogP contribution >= 0.6 is 11.3 Å². The maximum atomic E-state index is 11.9. The minimum absolute atomic E-state index is 0.0453. The number of nitro groups is 1. The van der Waals surface area contributed by atoms with E-state index < -0.39 is 10.8 Å². The molecule has 0 aliphatic carbocycles. The summed E-state index contributed by atoms with van der Waals surface area (Å²) in [7, 11) is 0. The van der Waals surface area contributed by atoms with Crippen molar-refractivity contribution in [1.29, 1.82) is 0 Å². The Morgan fingerprint density at radius 2 is 2.07 bits per heavy atom. The zero-order valence-electron chi connectivity index (χ0n) is 16.0. The van der Waals surface area contributed by atoms with Gasteiger partial charge in [0.2, 0.25) is 16.9 Å². The number of nitrogens with zero attached hydrogens (tertiary/aromatic N) is 4. The number of rotatable bonds is 11. The zero-order chi connectivity index (χ0) is 21.1. The van der Waals surface area contributed by atoms with E-state index in [-0.39, 0.29) is 18.0 Å².